The van der Waals surface area contributed by atoms with Crippen molar-refractivity contribution >= 4 is 5.69 Å². The van der Waals surface area contributed by atoms with Crippen molar-refractivity contribution in [1.29, 1.82) is 0 Å². The Morgan fingerprint density at radius 1 is 1.50 bits per heavy atom. The zero-order chi connectivity index (χ0) is 11.4. The molecule has 0 bridgehead atoms. The zero-order valence-corrected chi connectivity index (χ0v) is 10.2. The van der Waals surface area contributed by atoms with Gasteiger partial charge in [-0.25, -0.2) is 0 Å². The van der Waals surface area contributed by atoms with Crippen LogP contribution in [0.5, 0.6) is 0 Å². The van der Waals surface area contributed by atoms with E-state index in [0.29, 0.717) is 0 Å². The quantitative estimate of drug-likeness (QED) is 0.796. The summed E-state index contributed by atoms with van der Waals surface area (Å²) in [7, 11) is 2.18. The summed E-state index contributed by atoms with van der Waals surface area (Å²) < 4.78 is 0. The van der Waals surface area contributed by atoms with Crippen molar-refractivity contribution in [3.63, 3.8) is 0 Å². The molecule has 0 radical (unpaired) electrons. The number of rotatable bonds is 6. The van der Waals surface area contributed by atoms with E-state index in [1.165, 1.54) is 25.1 Å². The van der Waals surface area contributed by atoms with Gasteiger partial charge in [-0.15, -0.1) is 0 Å². The average molecular weight is 219 g/mol. The van der Waals surface area contributed by atoms with Gasteiger partial charge >= 0.3 is 0 Å². The molecule has 0 unspecified atom stereocenters. The summed E-state index contributed by atoms with van der Waals surface area (Å²) in [5.74, 6) is 0.946. The second-order valence-electron chi connectivity index (χ2n) is 4.71. The van der Waals surface area contributed by atoms with Gasteiger partial charge in [-0.3, -0.25) is 4.98 Å². The maximum Gasteiger partial charge on any atom is 0.0564 e. The fourth-order valence-electron chi connectivity index (χ4n) is 1.96. The maximum atomic E-state index is 4.41. The van der Waals surface area contributed by atoms with Crippen molar-refractivity contribution in [3.8, 4) is 0 Å². The molecule has 1 fully saturated rings. The van der Waals surface area contributed by atoms with Crippen molar-refractivity contribution in [1.82, 2.24) is 9.88 Å². The monoisotopic (exact) mass is 219 g/mol. The SMILES string of the molecule is CCNc1ccnc(CN(C)CC2CC2)c1. The van der Waals surface area contributed by atoms with Crippen LogP contribution in [0.3, 0.4) is 0 Å². The van der Waals surface area contributed by atoms with Gasteiger partial charge in [0, 0.05) is 31.5 Å². The Labute approximate surface area is 97.9 Å². The van der Waals surface area contributed by atoms with E-state index in [2.05, 4.69) is 35.2 Å². The number of nitrogens with zero attached hydrogens (tertiary/aromatic N) is 2. The molecule has 1 N–H and O–H groups in total. The van der Waals surface area contributed by atoms with Crippen LogP contribution in [0.2, 0.25) is 0 Å². The first kappa shape index (κ1) is 11.4. The van der Waals surface area contributed by atoms with Gasteiger partial charge in [-0.05, 0) is 44.9 Å². The van der Waals surface area contributed by atoms with Crippen LogP contribution in [0.15, 0.2) is 18.3 Å². The Bertz CT molecular complexity index is 334. The molecule has 1 aliphatic carbocycles. The molecule has 0 spiro atoms. The van der Waals surface area contributed by atoms with Crippen LogP contribution in [-0.4, -0.2) is 30.0 Å². The van der Waals surface area contributed by atoms with E-state index in [1.54, 1.807) is 0 Å². The first-order valence-electron chi connectivity index (χ1n) is 6.15. The Hall–Kier alpha value is -1.09. The number of pyridine rings is 1. The maximum absolute atomic E-state index is 4.41. The zero-order valence-electron chi connectivity index (χ0n) is 10.2. The highest BCUT2D eigenvalue weighted by Gasteiger charge is 2.22. The lowest BCUT2D eigenvalue weighted by molar-refractivity contribution is 0.309. The minimum absolute atomic E-state index is 0.946. The Morgan fingerprint density at radius 3 is 3.00 bits per heavy atom. The predicted molar refractivity (Wildman–Crippen MR) is 67.5 cm³/mol. The summed E-state index contributed by atoms with van der Waals surface area (Å²) >= 11 is 0. The second-order valence-corrected chi connectivity index (χ2v) is 4.71. The minimum atomic E-state index is 0.946. The van der Waals surface area contributed by atoms with Gasteiger partial charge < -0.3 is 10.2 Å². The molecule has 88 valence electrons. The first-order valence-corrected chi connectivity index (χ1v) is 6.15. The lowest BCUT2D eigenvalue weighted by atomic mass is 10.3. The van der Waals surface area contributed by atoms with Crippen molar-refractivity contribution in [3.05, 3.63) is 24.0 Å². The van der Waals surface area contributed by atoms with Gasteiger partial charge in [0.1, 0.15) is 0 Å². The molecule has 0 amide bonds. The van der Waals surface area contributed by atoms with Crippen LogP contribution < -0.4 is 5.32 Å². The Kier molecular flexibility index (Phi) is 3.78. The fourth-order valence-corrected chi connectivity index (χ4v) is 1.96. The summed E-state index contributed by atoms with van der Waals surface area (Å²) in [4.78, 5) is 6.78. The highest BCUT2D eigenvalue weighted by atomic mass is 15.1. The van der Waals surface area contributed by atoms with E-state index in [1.807, 2.05) is 12.3 Å². The number of nitrogens with one attached hydrogen (secondary N) is 1. The van der Waals surface area contributed by atoms with Crippen LogP contribution in [0.25, 0.3) is 0 Å². The van der Waals surface area contributed by atoms with Crippen LogP contribution in [-0.2, 0) is 6.54 Å². The lowest BCUT2D eigenvalue weighted by Gasteiger charge is -2.16. The molecule has 16 heavy (non-hydrogen) atoms. The molecule has 2 rings (SSSR count). The molecular formula is C13H21N3. The summed E-state index contributed by atoms with van der Waals surface area (Å²) in [6, 6.07) is 4.17. The largest absolute Gasteiger partial charge is 0.385 e. The third kappa shape index (κ3) is 3.49. The van der Waals surface area contributed by atoms with E-state index < -0.39 is 0 Å². The normalized spacial score (nSPS) is 15.4. The van der Waals surface area contributed by atoms with Gasteiger partial charge in [0.2, 0.25) is 0 Å². The van der Waals surface area contributed by atoms with E-state index in [9.17, 15) is 0 Å². The van der Waals surface area contributed by atoms with Crippen molar-refractivity contribution in [2.24, 2.45) is 5.92 Å². The molecule has 1 heterocycles. The molecule has 0 aliphatic heterocycles. The van der Waals surface area contributed by atoms with Crippen molar-refractivity contribution in [2.75, 3.05) is 25.5 Å². The molecule has 0 aromatic carbocycles. The predicted octanol–water partition coefficient (Wildman–Crippen LogP) is 2.36. The standard InChI is InChI=1S/C13H21N3/c1-3-14-12-6-7-15-13(8-12)10-16(2)9-11-4-5-11/h6-8,11H,3-5,9-10H2,1-2H3,(H,14,15). The lowest BCUT2D eigenvalue weighted by Crippen LogP contribution is -2.21. The Balaban J connectivity index is 1.88. The average Bonchev–Trinajstić information content (AvgIpc) is 3.02. The molecule has 1 saturated carbocycles. The smallest absolute Gasteiger partial charge is 0.0564 e. The summed E-state index contributed by atoms with van der Waals surface area (Å²) in [5, 5.41) is 3.32. The van der Waals surface area contributed by atoms with Crippen LogP contribution in [0.4, 0.5) is 5.69 Å². The number of hydrogen-bond acceptors (Lipinski definition) is 3. The van der Waals surface area contributed by atoms with E-state index in [4.69, 9.17) is 0 Å². The molecule has 3 nitrogen and oxygen atoms in total. The van der Waals surface area contributed by atoms with Crippen LogP contribution in [0.1, 0.15) is 25.5 Å². The summed E-state index contributed by atoms with van der Waals surface area (Å²) in [6.07, 6.45) is 4.71. The molecule has 0 atom stereocenters. The van der Waals surface area contributed by atoms with Gasteiger partial charge in [-0.1, -0.05) is 0 Å². The fraction of sp³-hybridized carbons (Fsp3) is 0.615. The number of anilines is 1. The van der Waals surface area contributed by atoms with Crippen molar-refractivity contribution < 1.29 is 0 Å². The van der Waals surface area contributed by atoms with Crippen LogP contribution >= 0.6 is 0 Å². The highest BCUT2D eigenvalue weighted by molar-refractivity contribution is 5.42. The summed E-state index contributed by atoms with van der Waals surface area (Å²) in [5.41, 5.74) is 2.33. The molecule has 1 aromatic rings. The third-order valence-electron chi connectivity index (χ3n) is 2.90. The highest BCUT2D eigenvalue weighted by Crippen LogP contribution is 2.29. The minimum Gasteiger partial charge on any atom is -0.385 e. The van der Waals surface area contributed by atoms with Gasteiger partial charge in [0.25, 0.3) is 0 Å². The molecular weight excluding hydrogens is 198 g/mol. The first-order chi connectivity index (χ1) is 7.78. The second kappa shape index (κ2) is 5.30. The number of hydrogen-bond donors (Lipinski definition) is 1. The molecule has 1 aromatic heterocycles. The van der Waals surface area contributed by atoms with E-state index in [-0.39, 0.29) is 0 Å². The van der Waals surface area contributed by atoms with Crippen molar-refractivity contribution in [2.45, 2.75) is 26.3 Å². The van der Waals surface area contributed by atoms with Gasteiger partial charge in [0.05, 0.1) is 5.69 Å². The molecule has 3 heteroatoms. The number of aromatic nitrogens is 1. The molecule has 1 aliphatic rings. The Morgan fingerprint density at radius 2 is 2.31 bits per heavy atom. The van der Waals surface area contributed by atoms with Crippen LogP contribution in [0, 0.1) is 5.92 Å². The third-order valence-corrected chi connectivity index (χ3v) is 2.90. The molecule has 0 saturated heterocycles. The summed E-state index contributed by atoms with van der Waals surface area (Å²) in [6.45, 7) is 5.24. The van der Waals surface area contributed by atoms with Gasteiger partial charge in [0.15, 0.2) is 0 Å². The topological polar surface area (TPSA) is 28.2 Å². The van der Waals surface area contributed by atoms with E-state index in [0.717, 1.165) is 24.7 Å². The van der Waals surface area contributed by atoms with Gasteiger partial charge in [-0.2, -0.15) is 0 Å². The van der Waals surface area contributed by atoms with E-state index >= 15 is 0 Å².